The van der Waals surface area contributed by atoms with Gasteiger partial charge in [0.1, 0.15) is 11.3 Å². The van der Waals surface area contributed by atoms with Gasteiger partial charge in [-0.2, -0.15) is 26.3 Å². The topological polar surface area (TPSA) is 90.5 Å². The molecule has 2 N–H and O–H groups in total. The molecule has 1 aliphatic heterocycles. The van der Waals surface area contributed by atoms with E-state index in [-0.39, 0.29) is 0 Å². The maximum absolute atomic E-state index is 12.9. The number of carboxylic acid groups (broad SMARTS) is 1. The van der Waals surface area contributed by atoms with Crippen molar-refractivity contribution in [3.8, 4) is 0 Å². The standard InChI is InChI=1S/C13H10F6N2O4/c14-12(15,16)7-4-21(3-6(7)11(24)25)10(23)5-1-2-8(13(17,18)19)20-9(5)22/h1-2,6-7H,3-4H2,(H,20,22)(H,24,25)/t6-,7-/m1/s1. The van der Waals surface area contributed by atoms with Crippen LogP contribution in [0.1, 0.15) is 16.1 Å². The van der Waals surface area contributed by atoms with Gasteiger partial charge < -0.3 is 15.0 Å². The third kappa shape index (κ3) is 3.77. The lowest BCUT2D eigenvalue weighted by atomic mass is 9.96. The van der Waals surface area contributed by atoms with E-state index in [1.807, 2.05) is 0 Å². The Morgan fingerprint density at radius 2 is 1.72 bits per heavy atom. The van der Waals surface area contributed by atoms with Crippen LogP contribution in [0.2, 0.25) is 0 Å². The summed E-state index contributed by atoms with van der Waals surface area (Å²) < 4.78 is 76.0. The molecule has 1 saturated heterocycles. The number of likely N-dealkylation sites (tertiary alicyclic amines) is 1. The molecule has 1 amide bonds. The number of H-pyrrole nitrogens is 1. The van der Waals surface area contributed by atoms with Crippen molar-refractivity contribution in [3.63, 3.8) is 0 Å². The zero-order valence-electron chi connectivity index (χ0n) is 12.1. The molecule has 1 fully saturated rings. The number of alkyl halides is 6. The molecule has 0 saturated carbocycles. The number of carbonyl (C=O) groups excluding carboxylic acids is 1. The first-order valence-electron chi connectivity index (χ1n) is 6.71. The number of aliphatic carboxylic acids is 1. The number of nitrogens with zero attached hydrogens (tertiary/aromatic N) is 1. The van der Waals surface area contributed by atoms with E-state index in [9.17, 15) is 40.7 Å². The summed E-state index contributed by atoms with van der Waals surface area (Å²) in [5.74, 6) is -7.29. The molecular formula is C13H10F6N2O4. The van der Waals surface area contributed by atoms with Crippen LogP contribution in [0.3, 0.4) is 0 Å². The molecule has 1 aromatic rings. The highest BCUT2D eigenvalue weighted by Gasteiger charge is 2.53. The van der Waals surface area contributed by atoms with Gasteiger partial charge in [-0.15, -0.1) is 0 Å². The lowest BCUT2D eigenvalue weighted by Gasteiger charge is -2.18. The number of carboxylic acids is 1. The molecule has 1 aliphatic rings. The van der Waals surface area contributed by atoms with Crippen LogP contribution in [0, 0.1) is 11.8 Å². The molecule has 0 bridgehead atoms. The van der Waals surface area contributed by atoms with E-state index in [0.29, 0.717) is 17.0 Å². The fourth-order valence-corrected chi connectivity index (χ4v) is 2.53. The zero-order chi connectivity index (χ0) is 19.2. The first-order valence-corrected chi connectivity index (χ1v) is 6.71. The Morgan fingerprint density at radius 1 is 1.12 bits per heavy atom. The first-order chi connectivity index (χ1) is 11.3. The lowest BCUT2D eigenvalue weighted by Crippen LogP contribution is -2.35. The van der Waals surface area contributed by atoms with E-state index in [2.05, 4.69) is 0 Å². The second kappa shape index (κ2) is 6.08. The molecule has 25 heavy (non-hydrogen) atoms. The van der Waals surface area contributed by atoms with Crippen LogP contribution in [-0.2, 0) is 11.0 Å². The fourth-order valence-electron chi connectivity index (χ4n) is 2.53. The molecule has 0 radical (unpaired) electrons. The summed E-state index contributed by atoms with van der Waals surface area (Å²) in [5.41, 5.74) is -3.66. The highest BCUT2D eigenvalue weighted by atomic mass is 19.4. The molecule has 138 valence electrons. The minimum Gasteiger partial charge on any atom is -0.481 e. The van der Waals surface area contributed by atoms with Crippen LogP contribution in [0.4, 0.5) is 26.3 Å². The number of hydrogen-bond acceptors (Lipinski definition) is 3. The van der Waals surface area contributed by atoms with Crippen LogP contribution >= 0.6 is 0 Å². The highest BCUT2D eigenvalue weighted by Crippen LogP contribution is 2.38. The summed E-state index contributed by atoms with van der Waals surface area (Å²) in [4.78, 5) is 36.6. The Balaban J connectivity index is 2.30. The van der Waals surface area contributed by atoms with Crippen molar-refractivity contribution in [2.45, 2.75) is 12.4 Å². The number of rotatable bonds is 2. The van der Waals surface area contributed by atoms with Gasteiger partial charge in [-0.05, 0) is 12.1 Å². The Labute approximate surface area is 135 Å². The average molecular weight is 372 g/mol. The zero-order valence-corrected chi connectivity index (χ0v) is 12.1. The molecule has 2 atom stereocenters. The van der Waals surface area contributed by atoms with Gasteiger partial charge in [-0.25, -0.2) is 0 Å². The number of halogens is 6. The molecule has 6 nitrogen and oxygen atoms in total. The number of hydrogen-bond donors (Lipinski definition) is 2. The third-order valence-corrected chi connectivity index (χ3v) is 3.79. The van der Waals surface area contributed by atoms with Gasteiger partial charge in [-0.1, -0.05) is 0 Å². The van der Waals surface area contributed by atoms with Gasteiger partial charge in [0.25, 0.3) is 11.5 Å². The summed E-state index contributed by atoms with van der Waals surface area (Å²) in [7, 11) is 0. The molecule has 2 rings (SSSR count). The molecule has 0 unspecified atom stereocenters. The number of carbonyl (C=O) groups is 2. The fraction of sp³-hybridized carbons (Fsp3) is 0.462. The molecule has 0 aliphatic carbocycles. The van der Waals surface area contributed by atoms with Crippen LogP contribution in [-0.4, -0.2) is 46.1 Å². The van der Waals surface area contributed by atoms with Gasteiger partial charge in [0.05, 0.1) is 11.8 Å². The maximum Gasteiger partial charge on any atom is 0.431 e. The number of nitrogens with one attached hydrogen (secondary N) is 1. The third-order valence-electron chi connectivity index (χ3n) is 3.79. The lowest BCUT2D eigenvalue weighted by molar-refractivity contribution is -0.187. The van der Waals surface area contributed by atoms with Gasteiger partial charge >= 0.3 is 18.3 Å². The molecule has 0 spiro atoms. The van der Waals surface area contributed by atoms with Gasteiger partial charge in [0.2, 0.25) is 0 Å². The Kier molecular flexibility index (Phi) is 4.57. The van der Waals surface area contributed by atoms with E-state index in [1.54, 1.807) is 0 Å². The first kappa shape index (κ1) is 18.8. The van der Waals surface area contributed by atoms with Crippen molar-refractivity contribution in [1.82, 2.24) is 9.88 Å². The number of aromatic nitrogens is 1. The van der Waals surface area contributed by atoms with Gasteiger partial charge in [0.15, 0.2) is 0 Å². The van der Waals surface area contributed by atoms with Crippen molar-refractivity contribution in [2.24, 2.45) is 11.8 Å². The second-order valence-corrected chi connectivity index (χ2v) is 5.42. The summed E-state index contributed by atoms with van der Waals surface area (Å²) in [5, 5.41) is 8.87. The van der Waals surface area contributed by atoms with Crippen LogP contribution in [0.15, 0.2) is 16.9 Å². The molecular weight excluding hydrogens is 362 g/mol. The molecule has 2 heterocycles. The minimum atomic E-state index is -4.88. The molecule has 0 aromatic carbocycles. The minimum absolute atomic E-state index is 0.403. The molecule has 1 aromatic heterocycles. The normalized spacial score (nSPS) is 21.4. The quantitative estimate of drug-likeness (QED) is 0.774. The predicted octanol–water partition coefficient (Wildman–Crippen LogP) is 1.73. The van der Waals surface area contributed by atoms with E-state index in [4.69, 9.17) is 5.11 Å². The van der Waals surface area contributed by atoms with Gasteiger partial charge in [0, 0.05) is 13.1 Å². The monoisotopic (exact) mass is 372 g/mol. The van der Waals surface area contributed by atoms with Crippen molar-refractivity contribution in [2.75, 3.05) is 13.1 Å². The van der Waals surface area contributed by atoms with Crippen molar-refractivity contribution in [1.29, 1.82) is 0 Å². The van der Waals surface area contributed by atoms with Crippen molar-refractivity contribution >= 4 is 11.9 Å². The predicted molar refractivity (Wildman–Crippen MR) is 68.6 cm³/mol. The molecule has 12 heteroatoms. The van der Waals surface area contributed by atoms with Crippen molar-refractivity contribution in [3.05, 3.63) is 33.7 Å². The van der Waals surface area contributed by atoms with E-state index in [1.165, 1.54) is 4.98 Å². The Bertz CT molecular complexity index is 754. The van der Waals surface area contributed by atoms with Gasteiger partial charge in [-0.3, -0.25) is 14.4 Å². The maximum atomic E-state index is 12.9. The van der Waals surface area contributed by atoms with Crippen LogP contribution in [0.25, 0.3) is 0 Å². The Morgan fingerprint density at radius 3 is 2.12 bits per heavy atom. The smallest absolute Gasteiger partial charge is 0.431 e. The SMILES string of the molecule is O=C(O)[C@@H]1CN(C(=O)c2ccc(C(F)(F)F)[nH]c2=O)C[C@H]1C(F)(F)F. The Hall–Kier alpha value is -2.53. The number of amides is 1. The van der Waals surface area contributed by atoms with E-state index < -0.39 is 66.0 Å². The summed E-state index contributed by atoms with van der Waals surface area (Å²) in [6.07, 6.45) is -9.76. The van der Waals surface area contributed by atoms with E-state index in [0.717, 1.165) is 0 Å². The van der Waals surface area contributed by atoms with Crippen LogP contribution in [0.5, 0.6) is 0 Å². The summed E-state index contributed by atoms with van der Waals surface area (Å²) in [6, 6.07) is 0.946. The average Bonchev–Trinajstić information content (AvgIpc) is 2.91. The summed E-state index contributed by atoms with van der Waals surface area (Å²) in [6.45, 7) is -1.81. The van der Waals surface area contributed by atoms with E-state index >= 15 is 0 Å². The second-order valence-electron chi connectivity index (χ2n) is 5.42. The van der Waals surface area contributed by atoms with Crippen molar-refractivity contribution < 1.29 is 41.0 Å². The number of pyridine rings is 1. The van der Waals surface area contributed by atoms with Crippen LogP contribution < -0.4 is 5.56 Å². The highest BCUT2D eigenvalue weighted by molar-refractivity contribution is 5.94. The summed E-state index contributed by atoms with van der Waals surface area (Å²) >= 11 is 0. The number of aromatic amines is 1. The largest absolute Gasteiger partial charge is 0.481 e.